The predicted molar refractivity (Wildman–Crippen MR) is 77.5 cm³/mol. The lowest BCUT2D eigenvalue weighted by Crippen LogP contribution is -2.61. The van der Waals surface area contributed by atoms with Crippen molar-refractivity contribution in [2.75, 3.05) is 19.5 Å². The molecular weight excluding hydrogens is 415 g/mol. The highest BCUT2D eigenvalue weighted by atomic mass is 33.2. The summed E-state index contributed by atoms with van der Waals surface area (Å²) in [6, 6.07) is 0. The van der Waals surface area contributed by atoms with E-state index in [1.807, 2.05) is 0 Å². The van der Waals surface area contributed by atoms with Crippen LogP contribution in [0.5, 0.6) is 0 Å². The molecule has 0 aliphatic rings. The summed E-state index contributed by atoms with van der Waals surface area (Å²) in [6.45, 7) is 0.909. The molecule has 0 amide bonds. The van der Waals surface area contributed by atoms with Crippen LogP contribution in [0.1, 0.15) is 33.1 Å². The van der Waals surface area contributed by atoms with E-state index in [0.29, 0.717) is 13.3 Å². The maximum absolute atomic E-state index is 13.8. The molecular formula is C11H19F9O3S2. The van der Waals surface area contributed by atoms with Gasteiger partial charge in [-0.25, -0.2) is 0 Å². The summed E-state index contributed by atoms with van der Waals surface area (Å²) in [5.41, 5.74) is -13.4. The normalized spacial score (nSPS) is 17.3. The minimum Gasteiger partial charge on any atom is -0.295 e. The zero-order chi connectivity index (χ0) is 20.3. The van der Waals surface area contributed by atoms with Gasteiger partial charge in [-0.05, 0) is 24.1 Å². The fourth-order valence-corrected chi connectivity index (χ4v) is 8.81. The first-order valence-electron chi connectivity index (χ1n) is 6.88. The van der Waals surface area contributed by atoms with Crippen molar-refractivity contribution in [2.45, 2.75) is 50.5 Å². The Morgan fingerprint density at radius 2 is 1.32 bits per heavy atom. The van der Waals surface area contributed by atoms with Gasteiger partial charge in [0.25, 0.3) is 0 Å². The molecule has 0 aromatic carbocycles. The lowest BCUT2D eigenvalue weighted by atomic mass is 10.3. The van der Waals surface area contributed by atoms with Crippen LogP contribution in [-0.2, 0) is 12.5 Å². The number of rotatable bonds is 9. The summed E-state index contributed by atoms with van der Waals surface area (Å²) in [5, 5.41) is 0. The molecule has 14 heteroatoms. The molecule has 0 unspecified atom stereocenters. The maximum atomic E-state index is 13.8. The van der Waals surface area contributed by atoms with E-state index in [2.05, 4.69) is 12.5 Å². The van der Waals surface area contributed by atoms with Crippen molar-refractivity contribution in [1.82, 2.24) is 0 Å². The van der Waals surface area contributed by atoms with E-state index in [-0.39, 0.29) is 20.0 Å². The highest BCUT2D eigenvalue weighted by molar-refractivity contribution is 9.07. The zero-order valence-corrected chi connectivity index (χ0v) is 15.1. The maximum Gasteiger partial charge on any atom is 0.535 e. The van der Waals surface area contributed by atoms with Crippen molar-refractivity contribution in [3.05, 3.63) is 0 Å². The van der Waals surface area contributed by atoms with Gasteiger partial charge in [-0.3, -0.25) is 8.37 Å². The highest BCUT2D eigenvalue weighted by Crippen LogP contribution is 3.11. The van der Waals surface area contributed by atoms with Gasteiger partial charge in [0.05, 0.1) is 13.7 Å². The second-order valence-corrected chi connectivity index (χ2v) is 12.3. The standard InChI is InChI=1S/C11H19F9O3S2/c1-4-6-7-8-24-25(21-3,22-5-2,10(15,16)17,11(18,19)20)23-9(12,13)14/h4-8H2,1-3H3. The van der Waals surface area contributed by atoms with Crippen LogP contribution in [0, 0.1) is 0 Å². The molecule has 0 saturated carbocycles. The third kappa shape index (κ3) is 3.44. The van der Waals surface area contributed by atoms with Gasteiger partial charge < -0.3 is 0 Å². The topological polar surface area (TPSA) is 27.7 Å². The van der Waals surface area contributed by atoms with Crippen molar-refractivity contribution in [1.29, 1.82) is 0 Å². The van der Waals surface area contributed by atoms with Gasteiger partial charge >= 0.3 is 17.4 Å². The smallest absolute Gasteiger partial charge is 0.295 e. The second kappa shape index (κ2) is 7.17. The molecule has 0 aromatic heterocycles. The summed E-state index contributed by atoms with van der Waals surface area (Å²) in [7, 11) is -10.4. The van der Waals surface area contributed by atoms with Gasteiger partial charge in [0.15, 0.2) is 8.17 Å². The van der Waals surface area contributed by atoms with Crippen LogP contribution >= 0.6 is 19.0 Å². The van der Waals surface area contributed by atoms with E-state index in [1.54, 1.807) is 6.92 Å². The lowest BCUT2D eigenvalue weighted by Gasteiger charge is -2.72. The molecule has 0 heterocycles. The van der Waals surface area contributed by atoms with E-state index in [9.17, 15) is 39.5 Å². The van der Waals surface area contributed by atoms with Crippen LogP contribution in [0.4, 0.5) is 39.5 Å². The van der Waals surface area contributed by atoms with Gasteiger partial charge in [0.2, 0.25) is 0 Å². The van der Waals surface area contributed by atoms with E-state index < -0.39 is 48.7 Å². The summed E-state index contributed by atoms with van der Waals surface area (Å²) < 4.78 is 132. The van der Waals surface area contributed by atoms with Crippen molar-refractivity contribution < 1.29 is 52.1 Å². The van der Waals surface area contributed by atoms with Crippen LogP contribution in [0.3, 0.4) is 0 Å². The Bertz CT molecular complexity index is 447. The van der Waals surface area contributed by atoms with E-state index >= 15 is 0 Å². The molecule has 0 radical (unpaired) electrons. The number of hydrogen-bond donors (Lipinski definition) is 0. The van der Waals surface area contributed by atoms with Gasteiger partial charge in [-0.15, -0.1) is 13.2 Å². The molecule has 3 nitrogen and oxygen atoms in total. The number of hydrogen-bond acceptors (Lipinski definition) is 4. The molecule has 0 N–H and O–H groups in total. The molecule has 25 heavy (non-hydrogen) atoms. The summed E-state index contributed by atoms with van der Waals surface area (Å²) >= 11 is 0. The Kier molecular flexibility index (Phi) is 7.15. The second-order valence-electron chi connectivity index (χ2n) is 4.70. The van der Waals surface area contributed by atoms with Crippen LogP contribution in [-0.4, -0.2) is 36.8 Å². The number of alkyl halides is 9. The Morgan fingerprint density at radius 1 is 0.840 bits per heavy atom. The molecule has 0 rings (SSSR count). The minimum atomic E-state index is -9.15. The minimum absolute atomic E-state index is 0.142. The van der Waals surface area contributed by atoms with Crippen molar-refractivity contribution in [3.8, 4) is 0 Å². The first kappa shape index (κ1) is 24.9. The van der Waals surface area contributed by atoms with Gasteiger partial charge in [-0.1, -0.05) is 19.8 Å². The SMILES string of the molecule is CCCCCSS(OC)(OCC)(OC(F)(F)F)(C(F)(F)F)C(F)(F)F. The van der Waals surface area contributed by atoms with Gasteiger partial charge in [0, 0.05) is 5.75 Å². The fraction of sp³-hybridized carbons (Fsp3) is 1.00. The Balaban J connectivity index is 6.92. The average molecular weight is 434 g/mol. The molecule has 0 spiro atoms. The first-order valence-corrected chi connectivity index (χ1v) is 10.6. The molecule has 0 aliphatic heterocycles. The summed E-state index contributed by atoms with van der Waals surface area (Å²) in [4.78, 5) is 0. The summed E-state index contributed by atoms with van der Waals surface area (Å²) in [6.07, 6.45) is -5.96. The van der Waals surface area contributed by atoms with E-state index in [4.69, 9.17) is 0 Å². The van der Waals surface area contributed by atoms with Crippen LogP contribution in [0.2, 0.25) is 0 Å². The Hall–Kier alpha value is -0.0500. The van der Waals surface area contributed by atoms with Gasteiger partial charge in [0.1, 0.15) is 0 Å². The zero-order valence-electron chi connectivity index (χ0n) is 13.5. The molecule has 0 aromatic rings. The Labute approximate surface area is 141 Å². The number of halogens is 9. The average Bonchev–Trinajstić information content (AvgIpc) is 2.40. The quantitative estimate of drug-likeness (QED) is 0.229. The molecule has 0 saturated heterocycles. The van der Waals surface area contributed by atoms with Gasteiger partial charge in [-0.2, -0.15) is 30.5 Å². The molecule has 0 aliphatic carbocycles. The van der Waals surface area contributed by atoms with Crippen LogP contribution < -0.4 is 0 Å². The molecule has 0 atom stereocenters. The van der Waals surface area contributed by atoms with Crippen molar-refractivity contribution in [2.24, 2.45) is 0 Å². The van der Waals surface area contributed by atoms with E-state index in [1.165, 1.54) is 0 Å². The van der Waals surface area contributed by atoms with E-state index in [0.717, 1.165) is 0 Å². The third-order valence-electron chi connectivity index (χ3n) is 3.11. The lowest BCUT2D eigenvalue weighted by molar-refractivity contribution is -0.299. The predicted octanol–water partition coefficient (Wildman–Crippen LogP) is 6.70. The van der Waals surface area contributed by atoms with Crippen molar-refractivity contribution in [3.63, 3.8) is 0 Å². The van der Waals surface area contributed by atoms with Crippen LogP contribution in [0.25, 0.3) is 0 Å². The largest absolute Gasteiger partial charge is 0.535 e. The number of unbranched alkanes of at least 4 members (excludes halogenated alkanes) is 2. The monoisotopic (exact) mass is 434 g/mol. The fourth-order valence-electron chi connectivity index (χ4n) is 1.96. The van der Waals surface area contributed by atoms with Crippen molar-refractivity contribution >= 4 is 19.0 Å². The Morgan fingerprint density at radius 3 is 1.60 bits per heavy atom. The molecule has 0 bridgehead atoms. The highest BCUT2D eigenvalue weighted by Gasteiger charge is 2.97. The third-order valence-corrected chi connectivity index (χ3v) is 12.2. The summed E-state index contributed by atoms with van der Waals surface area (Å²) in [5.74, 6) is -0.974. The molecule has 0 fully saturated rings. The first-order chi connectivity index (χ1) is 11.0. The van der Waals surface area contributed by atoms with Crippen LogP contribution in [0.15, 0.2) is 0 Å². The molecule has 156 valence electrons.